The molecule has 3 heterocycles. The highest BCUT2D eigenvalue weighted by molar-refractivity contribution is 7.92. The first-order valence-corrected chi connectivity index (χ1v) is 15.3. The fraction of sp³-hybridized carbons (Fsp3) is 0.286. The number of halogens is 2. The summed E-state index contributed by atoms with van der Waals surface area (Å²) in [6.45, 7) is 4.36. The van der Waals surface area contributed by atoms with Crippen LogP contribution in [-0.2, 0) is 16.4 Å². The summed E-state index contributed by atoms with van der Waals surface area (Å²) in [7, 11) is -3.71. The van der Waals surface area contributed by atoms with Crippen molar-refractivity contribution in [3.63, 3.8) is 0 Å². The molecule has 0 radical (unpaired) electrons. The number of para-hydroxylation sites is 1. The average molecular weight is 584 g/mol. The average Bonchev–Trinajstić information content (AvgIpc) is 3.59. The number of rotatable bonds is 7. The first kappa shape index (κ1) is 26.6. The highest BCUT2D eigenvalue weighted by Crippen LogP contribution is 2.33. The van der Waals surface area contributed by atoms with Gasteiger partial charge in [-0.05, 0) is 48.4 Å². The number of anilines is 2. The summed E-state index contributed by atoms with van der Waals surface area (Å²) in [5.74, 6) is -1.53. The van der Waals surface area contributed by atoms with Gasteiger partial charge in [0, 0.05) is 57.4 Å². The largest absolute Gasteiger partial charge is 0.351 e. The second-order valence-corrected chi connectivity index (χ2v) is 12.7. The van der Waals surface area contributed by atoms with Crippen molar-refractivity contribution < 1.29 is 22.0 Å². The van der Waals surface area contributed by atoms with Crippen molar-refractivity contribution in [1.29, 1.82) is 0 Å². The number of thiazole rings is 1. The van der Waals surface area contributed by atoms with Crippen LogP contribution < -0.4 is 14.5 Å². The van der Waals surface area contributed by atoms with Gasteiger partial charge in [-0.25, -0.2) is 22.2 Å². The number of benzene rings is 3. The van der Waals surface area contributed by atoms with Gasteiger partial charge in [-0.1, -0.05) is 29.5 Å². The molecule has 0 atom stereocenters. The number of hydrogen-bond donors (Lipinski definition) is 1. The molecular weight excluding hydrogens is 556 g/mol. The number of carbonyl (C=O) groups excluding carboxylic acids is 1. The van der Waals surface area contributed by atoms with Gasteiger partial charge in [-0.15, -0.1) is 0 Å². The molecule has 1 N–H and O–H groups in total. The second-order valence-electron chi connectivity index (χ2n) is 9.80. The molecule has 0 bridgehead atoms. The van der Waals surface area contributed by atoms with Crippen LogP contribution >= 0.6 is 11.3 Å². The van der Waals surface area contributed by atoms with Crippen LogP contribution in [-0.4, -0.2) is 70.0 Å². The molecular formula is C28H27F2N5O3S2. The Hall–Kier alpha value is -3.61. The van der Waals surface area contributed by atoms with E-state index in [0.717, 1.165) is 24.7 Å². The van der Waals surface area contributed by atoms with E-state index in [-0.39, 0.29) is 16.3 Å². The Labute approximate surface area is 234 Å². The highest BCUT2D eigenvalue weighted by atomic mass is 32.2. The van der Waals surface area contributed by atoms with Crippen molar-refractivity contribution >= 4 is 48.3 Å². The first-order chi connectivity index (χ1) is 19.3. The van der Waals surface area contributed by atoms with E-state index in [2.05, 4.69) is 20.1 Å². The van der Waals surface area contributed by atoms with Gasteiger partial charge in [0.2, 0.25) is 0 Å². The number of amides is 1. The Balaban J connectivity index is 0.995. The lowest BCUT2D eigenvalue weighted by Gasteiger charge is -2.34. The maximum atomic E-state index is 14.0. The van der Waals surface area contributed by atoms with E-state index < -0.39 is 21.7 Å². The predicted molar refractivity (Wildman–Crippen MR) is 152 cm³/mol. The summed E-state index contributed by atoms with van der Waals surface area (Å²) in [5, 5.41) is 3.58. The van der Waals surface area contributed by atoms with Crippen LogP contribution in [0, 0.1) is 11.6 Å². The van der Waals surface area contributed by atoms with Gasteiger partial charge in [0.15, 0.2) is 10.9 Å². The quantitative estimate of drug-likeness (QED) is 0.356. The van der Waals surface area contributed by atoms with Crippen molar-refractivity contribution in [2.75, 3.05) is 55.0 Å². The smallest absolute Gasteiger partial charge is 0.264 e. The third-order valence-electron chi connectivity index (χ3n) is 7.31. The zero-order valence-corrected chi connectivity index (χ0v) is 23.1. The lowest BCUT2D eigenvalue weighted by molar-refractivity contribution is 0.0947. The van der Waals surface area contributed by atoms with Gasteiger partial charge in [0.1, 0.15) is 11.3 Å². The van der Waals surface area contributed by atoms with Gasteiger partial charge >= 0.3 is 0 Å². The van der Waals surface area contributed by atoms with E-state index in [9.17, 15) is 22.0 Å². The third-order valence-corrected chi connectivity index (χ3v) is 10.2. The molecule has 1 amide bonds. The molecule has 0 aliphatic carbocycles. The lowest BCUT2D eigenvalue weighted by atomic mass is 10.2. The van der Waals surface area contributed by atoms with E-state index in [0.29, 0.717) is 60.2 Å². The van der Waals surface area contributed by atoms with Crippen molar-refractivity contribution in [2.24, 2.45) is 0 Å². The Morgan fingerprint density at radius 1 is 0.975 bits per heavy atom. The lowest BCUT2D eigenvalue weighted by Crippen LogP contribution is -2.48. The maximum absolute atomic E-state index is 14.0. The zero-order valence-electron chi connectivity index (χ0n) is 21.5. The topological polar surface area (TPSA) is 85.9 Å². The van der Waals surface area contributed by atoms with Gasteiger partial charge in [-0.2, -0.15) is 0 Å². The predicted octanol–water partition coefficient (Wildman–Crippen LogP) is 3.88. The Morgan fingerprint density at radius 2 is 1.73 bits per heavy atom. The summed E-state index contributed by atoms with van der Waals surface area (Å²) in [6, 6.07) is 15.7. The van der Waals surface area contributed by atoms with Crippen LogP contribution in [0.3, 0.4) is 0 Å². The Bertz CT molecular complexity index is 1670. The molecule has 2 aliphatic heterocycles. The number of nitrogens with one attached hydrogen (secondary N) is 1. The van der Waals surface area contributed by atoms with Gasteiger partial charge in [-0.3, -0.25) is 14.0 Å². The number of aromatic nitrogens is 1. The highest BCUT2D eigenvalue weighted by Gasteiger charge is 2.30. The second kappa shape index (κ2) is 10.8. The molecule has 0 saturated carbocycles. The molecule has 40 heavy (non-hydrogen) atoms. The molecule has 12 heteroatoms. The third kappa shape index (κ3) is 5.14. The molecule has 0 spiro atoms. The van der Waals surface area contributed by atoms with Gasteiger partial charge in [0.25, 0.3) is 15.9 Å². The van der Waals surface area contributed by atoms with Crippen molar-refractivity contribution in [3.05, 3.63) is 83.4 Å². The summed E-state index contributed by atoms with van der Waals surface area (Å²) in [6.07, 6.45) is 0.675. The van der Waals surface area contributed by atoms with E-state index in [1.54, 1.807) is 0 Å². The fourth-order valence-electron chi connectivity index (χ4n) is 5.14. The van der Waals surface area contributed by atoms with E-state index in [4.69, 9.17) is 0 Å². The summed E-state index contributed by atoms with van der Waals surface area (Å²) in [4.78, 5) is 21.5. The summed E-state index contributed by atoms with van der Waals surface area (Å²) < 4.78 is 55.8. The van der Waals surface area contributed by atoms with Crippen molar-refractivity contribution in [2.45, 2.75) is 11.3 Å². The molecule has 1 aromatic heterocycles. The van der Waals surface area contributed by atoms with Crippen LogP contribution in [0.25, 0.3) is 10.2 Å². The van der Waals surface area contributed by atoms with E-state index >= 15 is 0 Å². The van der Waals surface area contributed by atoms with E-state index in [1.807, 2.05) is 24.3 Å². The summed E-state index contributed by atoms with van der Waals surface area (Å²) >= 11 is 1.28. The van der Waals surface area contributed by atoms with Crippen LogP contribution in [0.2, 0.25) is 0 Å². The van der Waals surface area contributed by atoms with Crippen LogP contribution in [0.1, 0.15) is 15.9 Å². The molecule has 3 aromatic carbocycles. The zero-order chi connectivity index (χ0) is 27.9. The molecule has 4 aromatic rings. The molecule has 1 fully saturated rings. The molecule has 8 nitrogen and oxygen atoms in total. The van der Waals surface area contributed by atoms with Gasteiger partial charge in [0.05, 0.1) is 15.3 Å². The summed E-state index contributed by atoms with van der Waals surface area (Å²) in [5.41, 5.74) is 2.30. The van der Waals surface area contributed by atoms with Crippen LogP contribution in [0.4, 0.5) is 19.6 Å². The number of piperazine rings is 1. The Kier molecular flexibility index (Phi) is 7.15. The minimum Gasteiger partial charge on any atom is -0.351 e. The minimum atomic E-state index is -3.71. The minimum absolute atomic E-state index is 0.152. The van der Waals surface area contributed by atoms with Crippen LogP contribution in [0.5, 0.6) is 0 Å². The molecule has 0 unspecified atom stereocenters. The molecule has 208 valence electrons. The SMILES string of the molecule is O=C(NCCN1CCN(c2nc3c(F)cc(F)cc3s2)CC1)c1ccc(S(=O)(=O)N2CCc3ccccc32)cc1. The molecule has 1 saturated heterocycles. The standard InChI is InChI=1S/C28H27F2N5O3S2/c29-21-17-23(30)26-25(18-21)39-28(32-26)34-15-13-33(14-16-34)12-10-31-27(36)20-5-7-22(8-6-20)40(37,38)35-11-9-19-3-1-2-4-24(19)35/h1-8,17-18H,9-16H2,(H,31,36). The van der Waals surface area contributed by atoms with Crippen molar-refractivity contribution in [1.82, 2.24) is 15.2 Å². The Morgan fingerprint density at radius 3 is 2.50 bits per heavy atom. The number of hydrogen-bond acceptors (Lipinski definition) is 7. The maximum Gasteiger partial charge on any atom is 0.264 e. The normalized spacial score (nSPS) is 15.9. The van der Waals surface area contributed by atoms with Gasteiger partial charge < -0.3 is 10.2 Å². The van der Waals surface area contributed by atoms with Crippen molar-refractivity contribution in [3.8, 4) is 0 Å². The number of sulfonamides is 1. The molecule has 2 aliphatic rings. The monoisotopic (exact) mass is 583 g/mol. The molecule has 6 rings (SSSR count). The van der Waals surface area contributed by atoms with Crippen LogP contribution in [0.15, 0.2) is 65.6 Å². The van der Waals surface area contributed by atoms with E-state index in [1.165, 1.54) is 46.0 Å². The first-order valence-electron chi connectivity index (χ1n) is 13.0. The number of nitrogens with zero attached hydrogens (tertiary/aromatic N) is 4. The number of fused-ring (bicyclic) bond motifs is 2. The number of carbonyl (C=O) groups is 1. The fourth-order valence-corrected chi connectivity index (χ4v) is 7.70.